The Morgan fingerprint density at radius 3 is 2.13 bits per heavy atom. The molecular weight excluding hydrogens is 408 g/mol. The van der Waals surface area contributed by atoms with Gasteiger partial charge in [-0.25, -0.2) is 9.59 Å². The molecular formula is C20H30N4O7. The molecule has 11 heteroatoms. The molecule has 0 heterocycles. The van der Waals surface area contributed by atoms with Crippen LogP contribution >= 0.6 is 0 Å². The zero-order valence-corrected chi connectivity index (χ0v) is 18.2. The van der Waals surface area contributed by atoms with Crippen molar-refractivity contribution in [3.63, 3.8) is 0 Å². The third-order valence-electron chi connectivity index (χ3n) is 3.61. The van der Waals surface area contributed by atoms with Gasteiger partial charge in [-0.1, -0.05) is 18.2 Å². The van der Waals surface area contributed by atoms with E-state index in [2.05, 4.69) is 15.4 Å². The molecule has 0 atom stereocenters. The summed E-state index contributed by atoms with van der Waals surface area (Å²) < 4.78 is 9.48. The molecule has 4 amide bonds. The van der Waals surface area contributed by atoms with E-state index in [9.17, 15) is 19.2 Å². The summed E-state index contributed by atoms with van der Waals surface area (Å²) in [5.41, 5.74) is 1.81. The third-order valence-corrected chi connectivity index (χ3v) is 3.61. The number of hydroxylamine groups is 1. The highest BCUT2D eigenvalue weighted by Crippen LogP contribution is 2.06. The van der Waals surface area contributed by atoms with E-state index in [0.29, 0.717) is 5.56 Å². The lowest BCUT2D eigenvalue weighted by molar-refractivity contribution is -0.128. The monoisotopic (exact) mass is 438 g/mol. The fraction of sp³-hybridized carbons (Fsp3) is 0.500. The Kier molecular flexibility index (Phi) is 10.8. The first-order valence-electron chi connectivity index (χ1n) is 9.66. The number of hydrogen-bond acceptors (Lipinski definition) is 7. The average molecular weight is 438 g/mol. The quantitative estimate of drug-likeness (QED) is 0.465. The number of carbonyl (C=O) groups excluding carboxylic acids is 4. The number of ether oxygens (including phenoxy) is 2. The minimum absolute atomic E-state index is 0.144. The first kappa shape index (κ1) is 25.7. The summed E-state index contributed by atoms with van der Waals surface area (Å²) in [5, 5.41) is 5.10. The molecule has 0 saturated heterocycles. The maximum Gasteiger partial charge on any atom is 0.431 e. The highest BCUT2D eigenvalue weighted by Gasteiger charge is 2.17. The van der Waals surface area contributed by atoms with E-state index in [-0.39, 0.29) is 32.1 Å². The van der Waals surface area contributed by atoms with Gasteiger partial charge in [0.1, 0.15) is 5.60 Å². The van der Waals surface area contributed by atoms with Crippen molar-refractivity contribution in [2.45, 2.75) is 26.4 Å². The van der Waals surface area contributed by atoms with Crippen molar-refractivity contribution in [3.05, 3.63) is 35.9 Å². The zero-order chi connectivity index (χ0) is 23.3. The third kappa shape index (κ3) is 11.4. The standard InChI is InChI=1S/C20H30N4O7/c1-20(2,3)31-19(28)23-30-14-16(25)21-10-12-24(13-11-22-18(27)29-4)17(26)15-8-6-5-7-9-15/h5-9H,10-14H2,1-4H3,(H,21,25)(H,22,27)(H,23,28). The van der Waals surface area contributed by atoms with Crippen LogP contribution in [0.25, 0.3) is 0 Å². The second-order valence-corrected chi connectivity index (χ2v) is 7.32. The van der Waals surface area contributed by atoms with Gasteiger partial charge in [0.15, 0.2) is 6.61 Å². The van der Waals surface area contributed by atoms with Crippen molar-refractivity contribution in [1.82, 2.24) is 21.0 Å². The van der Waals surface area contributed by atoms with E-state index in [1.807, 2.05) is 5.48 Å². The number of nitrogens with one attached hydrogen (secondary N) is 3. The molecule has 1 aromatic carbocycles. The second-order valence-electron chi connectivity index (χ2n) is 7.32. The van der Waals surface area contributed by atoms with Gasteiger partial charge in [0.2, 0.25) is 5.91 Å². The molecule has 11 nitrogen and oxygen atoms in total. The zero-order valence-electron chi connectivity index (χ0n) is 18.2. The maximum atomic E-state index is 12.7. The number of alkyl carbamates (subject to hydrolysis) is 1. The lowest BCUT2D eigenvalue weighted by atomic mass is 10.2. The number of rotatable bonds is 10. The minimum Gasteiger partial charge on any atom is -0.453 e. The van der Waals surface area contributed by atoms with Crippen LogP contribution in [-0.4, -0.2) is 74.4 Å². The van der Waals surface area contributed by atoms with Crippen LogP contribution in [-0.2, 0) is 19.1 Å². The van der Waals surface area contributed by atoms with Crippen molar-refractivity contribution in [3.8, 4) is 0 Å². The summed E-state index contributed by atoms with van der Waals surface area (Å²) in [6, 6.07) is 8.64. The van der Waals surface area contributed by atoms with Crippen LogP contribution in [0.5, 0.6) is 0 Å². The van der Waals surface area contributed by atoms with Gasteiger partial charge in [0.25, 0.3) is 5.91 Å². The van der Waals surface area contributed by atoms with Gasteiger partial charge < -0.3 is 25.0 Å². The number of methoxy groups -OCH3 is 1. The van der Waals surface area contributed by atoms with E-state index in [1.165, 1.54) is 12.0 Å². The van der Waals surface area contributed by atoms with Gasteiger partial charge in [0, 0.05) is 31.7 Å². The molecule has 31 heavy (non-hydrogen) atoms. The molecule has 0 unspecified atom stereocenters. The highest BCUT2D eigenvalue weighted by atomic mass is 16.7. The Morgan fingerprint density at radius 1 is 0.935 bits per heavy atom. The van der Waals surface area contributed by atoms with Gasteiger partial charge >= 0.3 is 12.2 Å². The second kappa shape index (κ2) is 13.1. The van der Waals surface area contributed by atoms with E-state index in [4.69, 9.17) is 9.57 Å². The number of amides is 4. The number of carbonyl (C=O) groups is 4. The molecule has 0 aliphatic heterocycles. The van der Waals surface area contributed by atoms with Crippen LogP contribution in [0.3, 0.4) is 0 Å². The highest BCUT2D eigenvalue weighted by molar-refractivity contribution is 5.94. The van der Waals surface area contributed by atoms with Crippen molar-refractivity contribution in [1.29, 1.82) is 0 Å². The topological polar surface area (TPSA) is 135 Å². The van der Waals surface area contributed by atoms with Crippen LogP contribution in [0.2, 0.25) is 0 Å². The normalized spacial score (nSPS) is 10.6. The summed E-state index contributed by atoms with van der Waals surface area (Å²) in [4.78, 5) is 53.5. The molecule has 0 radical (unpaired) electrons. The fourth-order valence-corrected chi connectivity index (χ4v) is 2.28. The minimum atomic E-state index is -0.807. The Bertz CT molecular complexity index is 735. The predicted octanol–water partition coefficient (Wildman–Crippen LogP) is 1.06. The first-order chi connectivity index (χ1) is 14.6. The van der Waals surface area contributed by atoms with Crippen LogP contribution in [0.1, 0.15) is 31.1 Å². The number of nitrogens with zero attached hydrogens (tertiary/aromatic N) is 1. The summed E-state index contributed by atoms with van der Waals surface area (Å²) in [6.07, 6.45) is -1.41. The average Bonchev–Trinajstić information content (AvgIpc) is 2.71. The molecule has 0 aliphatic carbocycles. The van der Waals surface area contributed by atoms with E-state index in [1.54, 1.807) is 51.1 Å². The van der Waals surface area contributed by atoms with Gasteiger partial charge in [-0.2, -0.15) is 5.48 Å². The van der Waals surface area contributed by atoms with E-state index in [0.717, 1.165) is 0 Å². The molecule has 172 valence electrons. The van der Waals surface area contributed by atoms with Gasteiger partial charge in [-0.3, -0.25) is 14.4 Å². The smallest absolute Gasteiger partial charge is 0.431 e. The molecule has 0 spiro atoms. The fourth-order valence-electron chi connectivity index (χ4n) is 2.28. The molecule has 0 aromatic heterocycles. The largest absolute Gasteiger partial charge is 0.453 e. The lowest BCUT2D eigenvalue weighted by Crippen LogP contribution is -2.43. The Hall–Kier alpha value is -3.34. The van der Waals surface area contributed by atoms with Gasteiger partial charge in [-0.15, -0.1) is 0 Å². The Balaban J connectivity index is 2.46. The van der Waals surface area contributed by atoms with Gasteiger partial charge in [0.05, 0.1) is 7.11 Å². The first-order valence-corrected chi connectivity index (χ1v) is 9.66. The van der Waals surface area contributed by atoms with E-state index >= 15 is 0 Å². The Labute approximate surface area is 181 Å². The summed E-state index contributed by atoms with van der Waals surface area (Å²) >= 11 is 0. The molecule has 1 rings (SSSR count). The maximum absolute atomic E-state index is 12.7. The van der Waals surface area contributed by atoms with Gasteiger partial charge in [-0.05, 0) is 32.9 Å². The predicted molar refractivity (Wildman–Crippen MR) is 111 cm³/mol. The lowest BCUT2D eigenvalue weighted by Gasteiger charge is -2.23. The molecule has 1 aromatic rings. The summed E-state index contributed by atoms with van der Waals surface area (Å²) in [5.74, 6) is -0.736. The molecule has 0 bridgehead atoms. The summed E-state index contributed by atoms with van der Waals surface area (Å²) in [6.45, 7) is 5.41. The van der Waals surface area contributed by atoms with Crippen molar-refractivity contribution >= 4 is 24.0 Å². The molecule has 0 fully saturated rings. The Morgan fingerprint density at radius 2 is 1.55 bits per heavy atom. The van der Waals surface area contributed by atoms with Crippen LogP contribution in [0, 0.1) is 0 Å². The van der Waals surface area contributed by atoms with Crippen molar-refractivity contribution in [2.24, 2.45) is 0 Å². The van der Waals surface area contributed by atoms with Crippen LogP contribution in [0.4, 0.5) is 9.59 Å². The SMILES string of the molecule is COC(=O)NCCN(CCNC(=O)CONC(=O)OC(C)(C)C)C(=O)c1ccccc1. The van der Waals surface area contributed by atoms with Crippen LogP contribution < -0.4 is 16.1 Å². The summed E-state index contributed by atoms with van der Waals surface area (Å²) in [7, 11) is 1.25. The van der Waals surface area contributed by atoms with E-state index < -0.39 is 30.3 Å². The number of benzene rings is 1. The van der Waals surface area contributed by atoms with Crippen molar-refractivity contribution in [2.75, 3.05) is 39.9 Å². The molecule has 3 N–H and O–H groups in total. The van der Waals surface area contributed by atoms with Crippen molar-refractivity contribution < 1.29 is 33.5 Å². The molecule has 0 aliphatic rings. The number of hydrogen-bond donors (Lipinski definition) is 3. The molecule has 0 saturated carbocycles. The van der Waals surface area contributed by atoms with Crippen LogP contribution in [0.15, 0.2) is 30.3 Å².